The first-order valence-electron chi connectivity index (χ1n) is 18.6. The lowest BCUT2D eigenvalue weighted by molar-refractivity contribution is -0.385. The molecule has 1 atom stereocenters. The molecule has 1 fully saturated rings. The lowest BCUT2D eigenvalue weighted by atomic mass is 9.76. The number of nitrogens with zero attached hydrogens (tertiary/aromatic N) is 3. The molecular weight excluding hydrogens is 653 g/mol. The Hall–Kier alpha value is -5.82. The molecule has 1 heterocycles. The fourth-order valence-electron chi connectivity index (χ4n) is 8.30. The summed E-state index contributed by atoms with van der Waals surface area (Å²) in [6, 6.07) is 54.9. The number of benzene rings is 6. The van der Waals surface area contributed by atoms with Crippen molar-refractivity contribution in [2.45, 2.75) is 24.4 Å². The predicted molar refractivity (Wildman–Crippen MR) is 215 cm³/mol. The molecule has 0 amide bonds. The maximum Gasteiger partial charge on any atom is 0.269 e. The SMILES string of the molecule is O=[N+]([O-])c1ccc2c(c1)C(N1CCN(C/C=C/c3cccc(NC(c4ccccc4)(c4ccccc4)c4ccccc4)c3)CC1)c1ccccc1CC2. The summed E-state index contributed by atoms with van der Waals surface area (Å²) in [5, 5.41) is 15.8. The molecule has 264 valence electrons. The number of rotatable bonds is 10. The summed E-state index contributed by atoms with van der Waals surface area (Å²) in [6.45, 7) is 4.52. The second-order valence-corrected chi connectivity index (χ2v) is 14.1. The minimum atomic E-state index is -0.588. The topological polar surface area (TPSA) is 61.7 Å². The van der Waals surface area contributed by atoms with Crippen LogP contribution in [0.25, 0.3) is 6.08 Å². The van der Waals surface area contributed by atoms with Crippen LogP contribution in [0.4, 0.5) is 11.4 Å². The van der Waals surface area contributed by atoms with E-state index in [0.29, 0.717) is 0 Å². The zero-order chi connectivity index (χ0) is 36.0. The van der Waals surface area contributed by atoms with Gasteiger partial charge in [0.15, 0.2) is 0 Å². The zero-order valence-electron chi connectivity index (χ0n) is 29.9. The summed E-state index contributed by atoms with van der Waals surface area (Å²) < 4.78 is 0. The quantitative estimate of drug-likeness (QED) is 0.0879. The Balaban J connectivity index is 0.993. The summed E-state index contributed by atoms with van der Waals surface area (Å²) in [5.74, 6) is 0. The number of nitro benzene ring substituents is 1. The second-order valence-electron chi connectivity index (χ2n) is 14.1. The number of nitrogens with one attached hydrogen (secondary N) is 1. The van der Waals surface area contributed by atoms with Gasteiger partial charge < -0.3 is 5.32 Å². The molecule has 0 bridgehead atoms. The van der Waals surface area contributed by atoms with Gasteiger partial charge in [-0.25, -0.2) is 0 Å². The Bertz CT molecular complexity index is 2100. The molecule has 6 heteroatoms. The third-order valence-electron chi connectivity index (χ3n) is 10.9. The maximum atomic E-state index is 11.8. The molecule has 1 aliphatic carbocycles. The summed E-state index contributed by atoms with van der Waals surface area (Å²) in [6.07, 6.45) is 6.34. The Morgan fingerprint density at radius 1 is 0.642 bits per heavy atom. The van der Waals surface area contributed by atoms with Gasteiger partial charge in [0.1, 0.15) is 5.54 Å². The number of nitro groups is 1. The third kappa shape index (κ3) is 7.16. The van der Waals surface area contributed by atoms with Crippen molar-refractivity contribution in [3.05, 3.63) is 218 Å². The van der Waals surface area contributed by atoms with Gasteiger partial charge in [-0.05, 0) is 69.5 Å². The van der Waals surface area contributed by atoms with E-state index in [9.17, 15) is 10.1 Å². The molecule has 1 unspecified atom stereocenters. The number of hydrogen-bond acceptors (Lipinski definition) is 5. The van der Waals surface area contributed by atoms with Crippen molar-refractivity contribution in [2.75, 3.05) is 38.0 Å². The normalized spacial score (nSPS) is 16.4. The number of anilines is 1. The van der Waals surface area contributed by atoms with Crippen molar-refractivity contribution in [1.29, 1.82) is 0 Å². The largest absolute Gasteiger partial charge is 0.368 e. The van der Waals surface area contributed by atoms with E-state index in [-0.39, 0.29) is 16.7 Å². The fourth-order valence-corrected chi connectivity index (χ4v) is 8.30. The average molecular weight is 697 g/mol. The molecule has 8 rings (SSSR count). The summed E-state index contributed by atoms with van der Waals surface area (Å²) in [7, 11) is 0. The number of non-ortho nitro benzene ring substituents is 1. The van der Waals surface area contributed by atoms with Gasteiger partial charge in [0.05, 0.1) is 11.0 Å². The van der Waals surface area contributed by atoms with Crippen LogP contribution in [-0.4, -0.2) is 47.4 Å². The van der Waals surface area contributed by atoms with Crippen LogP contribution < -0.4 is 5.32 Å². The minimum Gasteiger partial charge on any atom is -0.368 e. The lowest BCUT2D eigenvalue weighted by Gasteiger charge is -2.40. The molecular formula is C47H44N4O2. The van der Waals surface area contributed by atoms with Gasteiger partial charge in [-0.2, -0.15) is 0 Å². The molecule has 6 aromatic carbocycles. The van der Waals surface area contributed by atoms with Crippen LogP contribution in [0, 0.1) is 10.1 Å². The van der Waals surface area contributed by atoms with Crippen molar-refractivity contribution in [1.82, 2.24) is 9.80 Å². The monoisotopic (exact) mass is 696 g/mol. The molecule has 6 nitrogen and oxygen atoms in total. The number of fused-ring (bicyclic) bond motifs is 2. The lowest BCUT2D eigenvalue weighted by Crippen LogP contribution is -2.47. The highest BCUT2D eigenvalue weighted by Crippen LogP contribution is 2.41. The Morgan fingerprint density at radius 2 is 1.23 bits per heavy atom. The molecule has 53 heavy (non-hydrogen) atoms. The predicted octanol–water partition coefficient (Wildman–Crippen LogP) is 9.52. The van der Waals surface area contributed by atoms with E-state index in [2.05, 4.69) is 167 Å². The van der Waals surface area contributed by atoms with Crippen LogP contribution >= 0.6 is 0 Å². The summed E-state index contributed by atoms with van der Waals surface area (Å²) >= 11 is 0. The van der Waals surface area contributed by atoms with Crippen LogP contribution in [0.1, 0.15) is 50.5 Å². The molecule has 0 aromatic heterocycles. The van der Waals surface area contributed by atoms with Crippen LogP contribution in [0.15, 0.2) is 164 Å². The van der Waals surface area contributed by atoms with Crippen LogP contribution in [0.3, 0.4) is 0 Å². The number of piperazine rings is 1. The number of hydrogen-bond donors (Lipinski definition) is 1. The van der Waals surface area contributed by atoms with Gasteiger partial charge in [0.2, 0.25) is 0 Å². The highest BCUT2D eigenvalue weighted by atomic mass is 16.6. The molecule has 0 radical (unpaired) electrons. The van der Waals surface area contributed by atoms with Crippen molar-refractivity contribution < 1.29 is 4.92 Å². The number of aryl methyl sites for hydroxylation is 2. The highest BCUT2D eigenvalue weighted by Gasteiger charge is 2.36. The van der Waals surface area contributed by atoms with Crippen LogP contribution in [0.5, 0.6) is 0 Å². The Labute approximate surface area is 312 Å². The zero-order valence-corrected chi connectivity index (χ0v) is 29.9. The van der Waals surface area contributed by atoms with E-state index in [1.807, 2.05) is 12.1 Å². The van der Waals surface area contributed by atoms with Crippen LogP contribution in [-0.2, 0) is 18.4 Å². The van der Waals surface area contributed by atoms with Gasteiger partial charge in [0, 0.05) is 50.5 Å². The van der Waals surface area contributed by atoms with Crippen molar-refractivity contribution in [2.24, 2.45) is 0 Å². The Kier molecular flexibility index (Phi) is 9.97. The van der Waals surface area contributed by atoms with Crippen molar-refractivity contribution in [3.8, 4) is 0 Å². The molecule has 2 aliphatic rings. The van der Waals surface area contributed by atoms with Gasteiger partial charge in [-0.3, -0.25) is 19.9 Å². The van der Waals surface area contributed by atoms with E-state index < -0.39 is 5.54 Å². The third-order valence-corrected chi connectivity index (χ3v) is 10.9. The summed E-state index contributed by atoms with van der Waals surface area (Å²) in [4.78, 5) is 16.5. The van der Waals surface area contributed by atoms with E-state index in [4.69, 9.17) is 0 Å². The molecule has 0 spiro atoms. The first-order chi connectivity index (χ1) is 26.1. The standard InChI is InChI=1S/C47H44N4O2/c52-51(53)43-28-27-38-26-25-37-16-10-11-24-44(37)46(45(38)35-43)50-32-30-49(31-33-50)29-13-15-36-14-12-23-42(34-36)48-47(39-17-4-1-5-18-39,40-19-6-2-7-20-40)41-21-8-3-9-22-41/h1-24,27-28,34-35,46,48H,25-26,29-33H2/b15-13+. The van der Waals surface area contributed by atoms with E-state index in [1.165, 1.54) is 33.4 Å². The van der Waals surface area contributed by atoms with Gasteiger partial charge >= 0.3 is 0 Å². The maximum absolute atomic E-state index is 11.8. The fraction of sp³-hybridized carbons (Fsp3) is 0.191. The second kappa shape index (κ2) is 15.4. The molecule has 0 saturated carbocycles. The van der Waals surface area contributed by atoms with E-state index in [1.54, 1.807) is 6.07 Å². The average Bonchev–Trinajstić information content (AvgIpc) is 3.38. The Morgan fingerprint density at radius 3 is 1.85 bits per heavy atom. The molecule has 6 aromatic rings. The van der Waals surface area contributed by atoms with Crippen LogP contribution in [0.2, 0.25) is 0 Å². The summed E-state index contributed by atoms with van der Waals surface area (Å²) in [5.41, 5.74) is 10.2. The smallest absolute Gasteiger partial charge is 0.269 e. The van der Waals surface area contributed by atoms with Gasteiger partial charge in [-0.15, -0.1) is 0 Å². The van der Waals surface area contributed by atoms with E-state index in [0.717, 1.165) is 62.4 Å². The van der Waals surface area contributed by atoms with Crippen molar-refractivity contribution >= 4 is 17.5 Å². The molecule has 1 N–H and O–H groups in total. The molecule has 1 aliphatic heterocycles. The first kappa shape index (κ1) is 34.3. The molecule has 1 saturated heterocycles. The van der Waals surface area contributed by atoms with E-state index >= 15 is 0 Å². The highest BCUT2D eigenvalue weighted by molar-refractivity contribution is 5.64. The van der Waals surface area contributed by atoms with Crippen molar-refractivity contribution in [3.63, 3.8) is 0 Å². The first-order valence-corrected chi connectivity index (χ1v) is 18.6. The minimum absolute atomic E-state index is 0.0197. The van der Waals surface area contributed by atoms with Gasteiger partial charge in [-0.1, -0.05) is 146 Å². The van der Waals surface area contributed by atoms with Gasteiger partial charge in [0.25, 0.3) is 5.69 Å².